The van der Waals surface area contributed by atoms with Crippen molar-refractivity contribution in [3.63, 3.8) is 0 Å². The third-order valence-electron chi connectivity index (χ3n) is 0.577. The normalized spacial score (nSPS) is 18.3. The number of rotatable bonds is 0. The molecule has 0 spiro atoms. The van der Waals surface area contributed by atoms with Crippen molar-refractivity contribution in [1.29, 1.82) is 0 Å². The minimum absolute atomic E-state index is 0.889. The highest BCUT2D eigenvalue weighted by Crippen LogP contribution is 2.18. The molecule has 0 bridgehead atoms. The maximum absolute atomic E-state index is 9.75. The smallest absolute Gasteiger partial charge is 0.418 e. The molecule has 0 nitrogen and oxygen atoms in total. The van der Waals surface area contributed by atoms with E-state index in [1.807, 2.05) is 0 Å². The van der Waals surface area contributed by atoms with Crippen LogP contribution in [-0.4, -0.2) is 12.5 Å². The Kier molecular flexibility index (Phi) is 3.39. The molecule has 1 saturated carbocycles. The first-order valence-corrected chi connectivity index (χ1v) is 3.06. The quantitative estimate of drug-likeness (QED) is 0.287. The van der Waals surface area contributed by atoms with Crippen LogP contribution < -0.4 is 0 Å². The van der Waals surface area contributed by atoms with Gasteiger partial charge in [0.25, 0.3) is 0 Å². The first kappa shape index (κ1) is 9.13. The van der Waals surface area contributed by atoms with E-state index in [0.29, 0.717) is 0 Å². The van der Waals surface area contributed by atoms with Gasteiger partial charge in [0.05, 0.1) is 0 Å². The van der Waals surface area contributed by atoms with Crippen LogP contribution in [0.1, 0.15) is 12.8 Å². The molecule has 1 aliphatic carbocycles. The molecule has 9 heavy (non-hydrogen) atoms. The Balaban J connectivity index is 0.000000144. The highest BCUT2D eigenvalue weighted by Gasteiger charge is 2.21. The summed E-state index contributed by atoms with van der Waals surface area (Å²) in [5.41, 5.74) is 0. The summed E-state index contributed by atoms with van der Waals surface area (Å²) >= 11 is 3.42. The highest BCUT2D eigenvalue weighted by atomic mass is 32.1. The van der Waals surface area contributed by atoms with E-state index in [1.165, 1.54) is 12.8 Å². The molecule has 0 aromatic rings. The van der Waals surface area contributed by atoms with E-state index in [4.69, 9.17) is 0 Å². The van der Waals surface area contributed by atoms with Crippen LogP contribution in [0.25, 0.3) is 0 Å². The van der Waals surface area contributed by atoms with Gasteiger partial charge in [0.1, 0.15) is 5.25 Å². The number of hydrogen-bond acceptors (Lipinski definition) is 0. The molecule has 0 atom stereocenters. The number of halogens is 4. The summed E-state index contributed by atoms with van der Waals surface area (Å²) in [6, 6.07) is 0. The molecule has 1 rings (SSSR count). The van der Waals surface area contributed by atoms with Crippen LogP contribution in [0.3, 0.4) is 0 Å². The lowest BCUT2D eigenvalue weighted by atomic mass is 10.3. The molecule has 0 amide bonds. The molecule has 1 fully saturated rings. The predicted octanol–water partition coefficient (Wildman–Crippen LogP) is 1.46. The molecule has 0 heterocycles. The van der Waals surface area contributed by atoms with Gasteiger partial charge in [-0.1, -0.05) is 0 Å². The fraction of sp³-hybridized carbons (Fsp3) is 1.00. The van der Waals surface area contributed by atoms with Crippen LogP contribution in [0.2, 0.25) is 0 Å². The second-order valence-electron chi connectivity index (χ2n) is 1.77. The van der Waals surface area contributed by atoms with Crippen molar-refractivity contribution in [3.8, 4) is 0 Å². The van der Waals surface area contributed by atoms with Gasteiger partial charge in [-0.2, -0.15) is 0 Å². The van der Waals surface area contributed by atoms with Crippen LogP contribution in [0.15, 0.2) is 0 Å². The van der Waals surface area contributed by atoms with Gasteiger partial charge in [-0.3, -0.25) is 0 Å². The Morgan fingerprint density at radius 2 is 1.22 bits per heavy atom. The first-order chi connectivity index (χ1) is 3.89. The van der Waals surface area contributed by atoms with Crippen LogP contribution in [0.4, 0.5) is 17.3 Å². The fourth-order valence-corrected chi connectivity index (χ4v) is 0.250. The Bertz CT molecular complexity index is 72.4. The van der Waals surface area contributed by atoms with Gasteiger partial charge in [0.2, 0.25) is 0 Å². The van der Waals surface area contributed by atoms with Crippen molar-refractivity contribution in [1.82, 2.24) is 0 Å². The van der Waals surface area contributed by atoms with Gasteiger partial charge in [0.15, 0.2) is 0 Å². The van der Waals surface area contributed by atoms with Gasteiger partial charge < -0.3 is 17.3 Å². The average Bonchev–Trinajstić information content (AvgIpc) is 2.13. The molecule has 0 aromatic carbocycles. The topological polar surface area (TPSA) is 0 Å². The SMILES string of the molecule is F[B-](F)(F)F.[SH2+]C1CC1. The molecule has 0 aliphatic heterocycles. The Morgan fingerprint density at radius 1 is 1.11 bits per heavy atom. The summed E-state index contributed by atoms with van der Waals surface area (Å²) < 4.78 is 39.0. The first-order valence-electron chi connectivity index (χ1n) is 2.48. The van der Waals surface area contributed by atoms with E-state index < -0.39 is 7.25 Å². The minimum atomic E-state index is -6.00. The van der Waals surface area contributed by atoms with Gasteiger partial charge in [-0.15, -0.1) is 0 Å². The lowest BCUT2D eigenvalue weighted by Crippen LogP contribution is -2.02. The maximum Gasteiger partial charge on any atom is 0.673 e. The summed E-state index contributed by atoms with van der Waals surface area (Å²) in [5, 5.41) is 0.889. The molecule has 0 N–H and O–H groups in total. The zero-order chi connectivity index (χ0) is 7.49. The van der Waals surface area contributed by atoms with E-state index in [0.717, 1.165) is 5.25 Å². The summed E-state index contributed by atoms with van der Waals surface area (Å²) in [7, 11) is -6.00. The molecule has 56 valence electrons. The average molecular weight is 162 g/mol. The zero-order valence-corrected chi connectivity index (χ0v) is 5.58. The van der Waals surface area contributed by atoms with Crippen molar-refractivity contribution in [2.75, 3.05) is 0 Å². The molecule has 0 aromatic heterocycles. The van der Waals surface area contributed by atoms with E-state index >= 15 is 0 Å². The van der Waals surface area contributed by atoms with Gasteiger partial charge in [0, 0.05) is 0 Å². The van der Waals surface area contributed by atoms with Gasteiger partial charge in [-0.05, 0) is 25.5 Å². The summed E-state index contributed by atoms with van der Waals surface area (Å²) in [5.74, 6) is 0. The Hall–Kier alpha value is 0.135. The second-order valence-corrected chi connectivity index (χ2v) is 2.59. The number of hydrogen-bond donors (Lipinski definition) is 0. The molecule has 0 radical (unpaired) electrons. The molecule has 1 aliphatic rings. The summed E-state index contributed by atoms with van der Waals surface area (Å²) in [6.45, 7) is 0. The van der Waals surface area contributed by atoms with Crippen molar-refractivity contribution >= 4 is 19.9 Å². The largest absolute Gasteiger partial charge is 0.673 e. The van der Waals surface area contributed by atoms with Crippen LogP contribution in [-0.2, 0) is 12.6 Å². The third kappa shape index (κ3) is 31.2. The molecular formula is C3H7BF4S. The predicted molar refractivity (Wildman–Crippen MR) is 33.4 cm³/mol. The van der Waals surface area contributed by atoms with Crippen LogP contribution in [0.5, 0.6) is 0 Å². The standard InChI is InChI=1S/C3H6S.BF4/c4-3-1-2-3;2-1(3,4)5/h3-4H,1-2H2;/q;-1/p+1. The van der Waals surface area contributed by atoms with Crippen molar-refractivity contribution in [2.24, 2.45) is 0 Å². The van der Waals surface area contributed by atoms with Crippen LogP contribution in [0, 0.1) is 0 Å². The van der Waals surface area contributed by atoms with E-state index in [9.17, 15) is 17.3 Å². The van der Waals surface area contributed by atoms with Crippen molar-refractivity contribution in [3.05, 3.63) is 0 Å². The minimum Gasteiger partial charge on any atom is -0.418 e. The molecule has 0 saturated heterocycles. The van der Waals surface area contributed by atoms with E-state index in [2.05, 4.69) is 12.6 Å². The van der Waals surface area contributed by atoms with E-state index in [-0.39, 0.29) is 0 Å². The summed E-state index contributed by atoms with van der Waals surface area (Å²) in [4.78, 5) is 0. The zero-order valence-electron chi connectivity index (χ0n) is 4.58. The van der Waals surface area contributed by atoms with Gasteiger partial charge >= 0.3 is 7.25 Å². The van der Waals surface area contributed by atoms with Crippen molar-refractivity contribution in [2.45, 2.75) is 18.1 Å². The fourth-order valence-electron chi connectivity index (χ4n) is 0.0833. The van der Waals surface area contributed by atoms with Crippen LogP contribution >= 0.6 is 0 Å². The van der Waals surface area contributed by atoms with Gasteiger partial charge in [-0.25, -0.2) is 0 Å². The highest BCUT2D eigenvalue weighted by molar-refractivity contribution is 7.59. The Labute approximate surface area is 56.1 Å². The molecule has 6 heteroatoms. The lowest BCUT2D eigenvalue weighted by molar-refractivity contribution is 0.368. The third-order valence-corrected chi connectivity index (χ3v) is 1.15. The second kappa shape index (κ2) is 3.34. The molecular weight excluding hydrogens is 155 g/mol. The van der Waals surface area contributed by atoms with E-state index in [1.54, 1.807) is 0 Å². The molecule has 0 unspecified atom stereocenters. The lowest BCUT2D eigenvalue weighted by Gasteiger charge is -1.94. The Morgan fingerprint density at radius 3 is 1.22 bits per heavy atom. The monoisotopic (exact) mass is 162 g/mol. The summed E-state index contributed by atoms with van der Waals surface area (Å²) in [6.07, 6.45) is 2.80. The van der Waals surface area contributed by atoms with Crippen molar-refractivity contribution < 1.29 is 17.3 Å². The maximum atomic E-state index is 9.75.